The van der Waals surface area contributed by atoms with Gasteiger partial charge in [-0.15, -0.1) is 0 Å². The monoisotopic (exact) mass is 229 g/mol. The Hall–Kier alpha value is -1.59. The molecule has 0 aromatic heterocycles. The van der Waals surface area contributed by atoms with E-state index in [-0.39, 0.29) is 25.5 Å². The van der Waals surface area contributed by atoms with E-state index in [0.717, 1.165) is 4.90 Å². The smallest absolute Gasteiger partial charge is 0.407 e. The quantitative estimate of drug-likeness (QED) is 0.551. The van der Waals surface area contributed by atoms with Gasteiger partial charge in [-0.3, -0.25) is 9.59 Å². The van der Waals surface area contributed by atoms with Crippen LogP contribution in [-0.4, -0.2) is 47.5 Å². The largest absolute Gasteiger partial charge is 0.465 e. The Bertz CT molecular complexity index is 302. The van der Waals surface area contributed by atoms with Crippen LogP contribution in [0.1, 0.15) is 19.8 Å². The van der Waals surface area contributed by atoms with Crippen molar-refractivity contribution in [3.63, 3.8) is 0 Å². The minimum atomic E-state index is -1.13. The van der Waals surface area contributed by atoms with Gasteiger partial charge < -0.3 is 14.7 Å². The average molecular weight is 229 g/mol. The molecule has 1 rings (SSSR count). The van der Waals surface area contributed by atoms with Crippen molar-refractivity contribution in [2.75, 3.05) is 19.7 Å². The summed E-state index contributed by atoms with van der Waals surface area (Å²) < 4.78 is 4.78. The maximum atomic E-state index is 11.6. The number of carboxylic acid groups (broad SMARTS) is 1. The number of ether oxygens (including phenoxy) is 1. The fourth-order valence-corrected chi connectivity index (χ4v) is 1.68. The Labute approximate surface area is 93.2 Å². The van der Waals surface area contributed by atoms with Crippen molar-refractivity contribution in [1.82, 2.24) is 4.90 Å². The van der Waals surface area contributed by atoms with Crippen LogP contribution in [0.25, 0.3) is 0 Å². The number of carbonyl (C=O) groups is 3. The molecule has 1 unspecified atom stereocenters. The van der Waals surface area contributed by atoms with E-state index in [2.05, 4.69) is 0 Å². The van der Waals surface area contributed by atoms with Crippen LogP contribution < -0.4 is 0 Å². The third-order valence-electron chi connectivity index (χ3n) is 2.50. The Balaban J connectivity index is 2.66. The summed E-state index contributed by atoms with van der Waals surface area (Å²) in [4.78, 5) is 34.8. The first kappa shape index (κ1) is 12.5. The Morgan fingerprint density at radius 1 is 1.56 bits per heavy atom. The molecule has 6 nitrogen and oxygen atoms in total. The molecule has 1 aliphatic rings. The zero-order valence-corrected chi connectivity index (χ0v) is 9.14. The molecule has 1 N–H and O–H groups in total. The predicted octanol–water partition coefficient (Wildman–Crippen LogP) is 0.509. The molecular weight excluding hydrogens is 214 g/mol. The first-order valence-electron chi connectivity index (χ1n) is 5.23. The van der Waals surface area contributed by atoms with Crippen LogP contribution in [0.2, 0.25) is 0 Å². The van der Waals surface area contributed by atoms with Crippen LogP contribution in [0.3, 0.4) is 0 Å². The number of carbonyl (C=O) groups excluding carboxylic acids is 2. The van der Waals surface area contributed by atoms with Gasteiger partial charge in [0, 0.05) is 6.54 Å². The van der Waals surface area contributed by atoms with E-state index in [9.17, 15) is 14.4 Å². The SMILES string of the molecule is CCOC(=O)C1CCCN(C(=O)O)CC1=O. The van der Waals surface area contributed by atoms with Crippen molar-refractivity contribution in [2.45, 2.75) is 19.8 Å². The van der Waals surface area contributed by atoms with E-state index in [1.165, 1.54) is 0 Å². The summed E-state index contributed by atoms with van der Waals surface area (Å²) in [6.45, 7) is 1.96. The lowest BCUT2D eigenvalue weighted by Gasteiger charge is -2.15. The van der Waals surface area contributed by atoms with Crippen molar-refractivity contribution < 1.29 is 24.2 Å². The van der Waals surface area contributed by atoms with Gasteiger partial charge >= 0.3 is 12.1 Å². The van der Waals surface area contributed by atoms with Crippen LogP contribution in [0.15, 0.2) is 0 Å². The fraction of sp³-hybridized carbons (Fsp3) is 0.700. The molecule has 1 atom stereocenters. The summed E-state index contributed by atoms with van der Waals surface area (Å²) in [6, 6.07) is 0. The molecule has 1 fully saturated rings. The van der Waals surface area contributed by atoms with Crippen LogP contribution in [0, 0.1) is 5.92 Å². The first-order valence-corrected chi connectivity index (χ1v) is 5.23. The normalized spacial score (nSPS) is 21.4. The Morgan fingerprint density at radius 3 is 2.81 bits per heavy atom. The molecule has 16 heavy (non-hydrogen) atoms. The lowest BCUT2D eigenvalue weighted by Crippen LogP contribution is -2.36. The topological polar surface area (TPSA) is 83.9 Å². The van der Waals surface area contributed by atoms with Crippen molar-refractivity contribution in [3.05, 3.63) is 0 Å². The number of amides is 1. The maximum absolute atomic E-state index is 11.6. The van der Waals surface area contributed by atoms with E-state index >= 15 is 0 Å². The maximum Gasteiger partial charge on any atom is 0.407 e. The minimum Gasteiger partial charge on any atom is -0.465 e. The summed E-state index contributed by atoms with van der Waals surface area (Å²) in [6.07, 6.45) is -0.263. The van der Waals surface area contributed by atoms with Gasteiger partial charge in [-0.2, -0.15) is 0 Å². The molecular formula is C10H15NO5. The molecule has 0 spiro atoms. The van der Waals surface area contributed by atoms with Gasteiger partial charge in [-0.1, -0.05) is 0 Å². The zero-order valence-electron chi connectivity index (χ0n) is 9.14. The van der Waals surface area contributed by atoms with E-state index in [1.807, 2.05) is 0 Å². The van der Waals surface area contributed by atoms with Gasteiger partial charge in [0.25, 0.3) is 0 Å². The summed E-state index contributed by atoms with van der Waals surface area (Å²) in [5.74, 6) is -1.72. The van der Waals surface area contributed by atoms with Gasteiger partial charge in [-0.05, 0) is 19.8 Å². The number of ketones is 1. The highest BCUT2D eigenvalue weighted by atomic mass is 16.5. The van der Waals surface area contributed by atoms with Gasteiger partial charge in [0.1, 0.15) is 5.92 Å². The zero-order chi connectivity index (χ0) is 12.1. The summed E-state index contributed by atoms with van der Waals surface area (Å²) in [5, 5.41) is 8.77. The van der Waals surface area contributed by atoms with Crippen molar-refractivity contribution >= 4 is 17.8 Å². The third-order valence-corrected chi connectivity index (χ3v) is 2.50. The second kappa shape index (κ2) is 5.48. The van der Waals surface area contributed by atoms with Crippen LogP contribution in [-0.2, 0) is 14.3 Å². The highest BCUT2D eigenvalue weighted by Gasteiger charge is 2.32. The number of likely N-dealkylation sites (tertiary alicyclic amines) is 1. The molecule has 0 aromatic carbocycles. The second-order valence-electron chi connectivity index (χ2n) is 3.62. The minimum absolute atomic E-state index is 0.223. The second-order valence-corrected chi connectivity index (χ2v) is 3.62. The highest BCUT2D eigenvalue weighted by molar-refractivity contribution is 6.01. The standard InChI is InChI=1S/C10H15NO5/c1-2-16-9(13)7-4-3-5-11(10(14)15)6-8(7)12/h7H,2-6H2,1H3,(H,14,15). The molecule has 0 radical (unpaired) electrons. The lowest BCUT2D eigenvalue weighted by molar-refractivity contribution is -0.151. The summed E-state index contributed by atoms with van der Waals surface area (Å²) >= 11 is 0. The molecule has 0 aromatic rings. The molecule has 1 heterocycles. The van der Waals surface area contributed by atoms with Gasteiger partial charge in [-0.25, -0.2) is 4.79 Å². The molecule has 0 saturated carbocycles. The van der Waals surface area contributed by atoms with Crippen LogP contribution >= 0.6 is 0 Å². The molecule has 1 aliphatic heterocycles. The van der Waals surface area contributed by atoms with Gasteiger partial charge in [0.2, 0.25) is 0 Å². The van der Waals surface area contributed by atoms with E-state index in [1.54, 1.807) is 6.92 Å². The number of hydrogen-bond donors (Lipinski definition) is 1. The molecule has 90 valence electrons. The van der Waals surface area contributed by atoms with E-state index < -0.39 is 18.0 Å². The molecule has 6 heteroatoms. The van der Waals surface area contributed by atoms with Gasteiger partial charge in [0.15, 0.2) is 5.78 Å². The average Bonchev–Trinajstić information content (AvgIpc) is 2.40. The Kier molecular flexibility index (Phi) is 4.28. The summed E-state index contributed by atoms with van der Waals surface area (Å²) in [7, 11) is 0. The lowest BCUT2D eigenvalue weighted by atomic mass is 10.00. The van der Waals surface area contributed by atoms with Crippen molar-refractivity contribution in [2.24, 2.45) is 5.92 Å². The van der Waals surface area contributed by atoms with Crippen LogP contribution in [0.4, 0.5) is 4.79 Å². The van der Waals surface area contributed by atoms with E-state index in [4.69, 9.17) is 9.84 Å². The fourth-order valence-electron chi connectivity index (χ4n) is 1.68. The molecule has 1 saturated heterocycles. The van der Waals surface area contributed by atoms with Gasteiger partial charge in [0.05, 0.1) is 13.2 Å². The number of Topliss-reactive ketones (excluding diaryl/α,β-unsaturated/α-hetero) is 1. The van der Waals surface area contributed by atoms with Crippen molar-refractivity contribution in [1.29, 1.82) is 0 Å². The molecule has 0 aliphatic carbocycles. The summed E-state index contributed by atoms with van der Waals surface area (Å²) in [5.41, 5.74) is 0. The Morgan fingerprint density at radius 2 is 2.25 bits per heavy atom. The van der Waals surface area contributed by atoms with Crippen molar-refractivity contribution in [3.8, 4) is 0 Å². The highest BCUT2D eigenvalue weighted by Crippen LogP contribution is 2.16. The van der Waals surface area contributed by atoms with Crippen LogP contribution in [0.5, 0.6) is 0 Å². The number of nitrogens with zero attached hydrogens (tertiary/aromatic N) is 1. The number of hydrogen-bond acceptors (Lipinski definition) is 4. The molecule has 1 amide bonds. The first-order chi connectivity index (χ1) is 7.56. The third kappa shape index (κ3) is 2.95. The van der Waals surface area contributed by atoms with E-state index in [0.29, 0.717) is 12.8 Å². The predicted molar refractivity (Wildman–Crippen MR) is 54.0 cm³/mol. The number of rotatable bonds is 2. The molecule has 0 bridgehead atoms. The number of esters is 1.